The van der Waals surface area contributed by atoms with Gasteiger partial charge in [0.1, 0.15) is 11.5 Å². The second-order valence-electron chi connectivity index (χ2n) is 7.54. The second-order valence-corrected chi connectivity index (χ2v) is 7.54. The number of aromatic nitrogens is 4. The van der Waals surface area contributed by atoms with Crippen LogP contribution in [0.5, 0.6) is 0 Å². The number of nitrogens with one attached hydrogen (secondary N) is 1. The molecule has 6 heteroatoms. The van der Waals surface area contributed by atoms with Crippen LogP contribution in [0.25, 0.3) is 0 Å². The highest BCUT2D eigenvalue weighted by Gasteiger charge is 2.26. The maximum atomic E-state index is 12.4. The lowest BCUT2D eigenvalue weighted by Crippen LogP contribution is -2.27. The number of carbonyl (C=O) groups excluding carboxylic acids is 1. The van der Waals surface area contributed by atoms with Gasteiger partial charge in [-0.1, -0.05) is 20.8 Å². The first-order chi connectivity index (χ1) is 10.00. The first kappa shape index (κ1) is 16.3. The molecule has 2 aromatic rings. The van der Waals surface area contributed by atoms with Gasteiger partial charge in [0.05, 0.1) is 11.2 Å². The van der Waals surface area contributed by atoms with E-state index in [0.717, 1.165) is 5.69 Å². The van der Waals surface area contributed by atoms with E-state index in [2.05, 4.69) is 57.1 Å². The molecule has 1 amide bonds. The summed E-state index contributed by atoms with van der Waals surface area (Å²) in [5.41, 5.74) is 1.16. The largest absolute Gasteiger partial charge is 0.305 e. The Morgan fingerprint density at radius 2 is 1.82 bits per heavy atom. The Labute approximate surface area is 131 Å². The molecule has 2 heterocycles. The van der Waals surface area contributed by atoms with E-state index in [1.807, 2.05) is 10.7 Å². The van der Waals surface area contributed by atoms with Gasteiger partial charge in [-0.25, -0.2) is 4.68 Å². The first-order valence-electron chi connectivity index (χ1n) is 7.40. The van der Waals surface area contributed by atoms with E-state index in [4.69, 9.17) is 0 Å². The molecule has 0 aliphatic rings. The summed E-state index contributed by atoms with van der Waals surface area (Å²) in [6.45, 7) is 12.5. The summed E-state index contributed by atoms with van der Waals surface area (Å²) < 4.78 is 3.42. The molecule has 0 spiro atoms. The maximum absolute atomic E-state index is 12.4. The number of amides is 1. The lowest BCUT2D eigenvalue weighted by atomic mass is 9.92. The summed E-state index contributed by atoms with van der Waals surface area (Å²) in [5.74, 6) is 0.509. The average Bonchev–Trinajstić information content (AvgIpc) is 2.93. The van der Waals surface area contributed by atoms with Gasteiger partial charge in [-0.15, -0.1) is 0 Å². The fourth-order valence-corrected chi connectivity index (χ4v) is 2.13. The van der Waals surface area contributed by atoms with Gasteiger partial charge in [-0.05, 0) is 26.8 Å². The van der Waals surface area contributed by atoms with Crippen LogP contribution in [0.1, 0.15) is 57.7 Å². The number of nitrogens with zero attached hydrogens (tertiary/aromatic N) is 4. The molecule has 0 aliphatic carbocycles. The molecule has 22 heavy (non-hydrogen) atoms. The van der Waals surface area contributed by atoms with Crippen molar-refractivity contribution in [3.8, 4) is 0 Å². The van der Waals surface area contributed by atoms with Gasteiger partial charge in [0, 0.05) is 24.7 Å². The van der Waals surface area contributed by atoms with Crippen molar-refractivity contribution in [1.82, 2.24) is 19.6 Å². The molecule has 0 unspecified atom stereocenters. The number of aryl methyl sites for hydroxylation is 1. The van der Waals surface area contributed by atoms with Gasteiger partial charge < -0.3 is 5.32 Å². The van der Waals surface area contributed by atoms with Crippen LogP contribution in [0.3, 0.4) is 0 Å². The Hall–Kier alpha value is -2.11. The molecule has 2 aromatic heterocycles. The minimum Gasteiger partial charge on any atom is -0.305 e. The van der Waals surface area contributed by atoms with E-state index < -0.39 is 0 Å². The zero-order chi connectivity index (χ0) is 16.7. The molecule has 120 valence electrons. The summed E-state index contributed by atoms with van der Waals surface area (Å²) >= 11 is 0. The van der Waals surface area contributed by atoms with Crippen LogP contribution >= 0.6 is 0 Å². The molecule has 0 fully saturated rings. The summed E-state index contributed by atoms with van der Waals surface area (Å²) in [4.78, 5) is 12.4. The number of carbonyl (C=O) groups is 1. The number of hydrogen-bond acceptors (Lipinski definition) is 3. The number of hydrogen-bond donors (Lipinski definition) is 1. The Kier molecular flexibility index (Phi) is 3.89. The third-order valence-electron chi connectivity index (χ3n) is 3.41. The van der Waals surface area contributed by atoms with Crippen molar-refractivity contribution in [2.75, 3.05) is 5.32 Å². The predicted octanol–water partition coefficient (Wildman–Crippen LogP) is 2.92. The lowest BCUT2D eigenvalue weighted by molar-refractivity contribution is 0.101. The summed E-state index contributed by atoms with van der Waals surface area (Å²) in [5, 5.41) is 11.7. The minimum atomic E-state index is -0.224. The molecule has 0 atom stereocenters. The topological polar surface area (TPSA) is 64.7 Å². The Bertz CT molecular complexity index is 682. The molecular weight excluding hydrogens is 278 g/mol. The third-order valence-corrected chi connectivity index (χ3v) is 3.41. The Balaban J connectivity index is 2.40. The van der Waals surface area contributed by atoms with Crippen LogP contribution < -0.4 is 5.32 Å². The van der Waals surface area contributed by atoms with Crippen molar-refractivity contribution in [3.63, 3.8) is 0 Å². The number of rotatable bonds is 2. The summed E-state index contributed by atoms with van der Waals surface area (Å²) in [6.07, 6.45) is 1.61. The highest BCUT2D eigenvalue weighted by Crippen LogP contribution is 2.28. The van der Waals surface area contributed by atoms with Crippen LogP contribution in [0.2, 0.25) is 0 Å². The van der Waals surface area contributed by atoms with Crippen molar-refractivity contribution in [1.29, 1.82) is 0 Å². The van der Waals surface area contributed by atoms with E-state index in [1.54, 1.807) is 24.0 Å². The van der Waals surface area contributed by atoms with E-state index in [1.165, 1.54) is 0 Å². The monoisotopic (exact) mass is 303 g/mol. The SMILES string of the molecule is Cn1nccc1C(=O)Nc1cc(C(C)(C)C)nn1C(C)(C)C. The van der Waals surface area contributed by atoms with Crippen molar-refractivity contribution < 1.29 is 4.79 Å². The van der Waals surface area contributed by atoms with Gasteiger partial charge in [0.25, 0.3) is 5.91 Å². The molecule has 1 N–H and O–H groups in total. The summed E-state index contributed by atoms with van der Waals surface area (Å²) in [7, 11) is 1.75. The zero-order valence-corrected chi connectivity index (χ0v) is 14.4. The summed E-state index contributed by atoms with van der Waals surface area (Å²) in [6, 6.07) is 3.64. The molecule has 2 rings (SSSR count). The molecule has 0 saturated heterocycles. The van der Waals surface area contributed by atoms with E-state index in [0.29, 0.717) is 11.5 Å². The first-order valence-corrected chi connectivity index (χ1v) is 7.40. The maximum Gasteiger partial charge on any atom is 0.275 e. The predicted molar refractivity (Wildman–Crippen MR) is 87.1 cm³/mol. The van der Waals surface area contributed by atoms with Gasteiger partial charge in [0.2, 0.25) is 0 Å². The van der Waals surface area contributed by atoms with Crippen molar-refractivity contribution in [2.45, 2.75) is 52.5 Å². The van der Waals surface area contributed by atoms with Crippen LogP contribution in [0, 0.1) is 0 Å². The lowest BCUT2D eigenvalue weighted by Gasteiger charge is -2.23. The minimum absolute atomic E-state index is 0.0808. The quantitative estimate of drug-likeness (QED) is 0.927. The van der Waals surface area contributed by atoms with Gasteiger partial charge in [-0.3, -0.25) is 9.48 Å². The molecule has 0 radical (unpaired) electrons. The number of anilines is 1. The smallest absolute Gasteiger partial charge is 0.275 e. The second kappa shape index (κ2) is 5.26. The van der Waals surface area contributed by atoms with E-state index in [-0.39, 0.29) is 16.9 Å². The zero-order valence-electron chi connectivity index (χ0n) is 14.4. The van der Waals surface area contributed by atoms with Crippen LogP contribution in [-0.4, -0.2) is 25.5 Å². The van der Waals surface area contributed by atoms with Gasteiger partial charge >= 0.3 is 0 Å². The molecule has 0 aliphatic heterocycles. The molecule has 0 aromatic carbocycles. The van der Waals surface area contributed by atoms with Crippen molar-refractivity contribution in [2.24, 2.45) is 7.05 Å². The van der Waals surface area contributed by atoms with Crippen LogP contribution in [0.15, 0.2) is 18.3 Å². The van der Waals surface area contributed by atoms with Crippen molar-refractivity contribution >= 4 is 11.7 Å². The highest BCUT2D eigenvalue weighted by molar-refractivity contribution is 6.02. The third kappa shape index (κ3) is 3.21. The standard InChI is InChI=1S/C16H25N5O/c1-15(2,3)12-10-13(21(19-12)16(4,5)6)18-14(22)11-8-9-17-20(11)7/h8-10H,1-7H3,(H,18,22). The Morgan fingerprint density at radius 1 is 1.18 bits per heavy atom. The fourth-order valence-electron chi connectivity index (χ4n) is 2.13. The normalized spacial score (nSPS) is 12.5. The van der Waals surface area contributed by atoms with Crippen molar-refractivity contribution in [3.05, 3.63) is 29.7 Å². The Morgan fingerprint density at radius 3 is 2.27 bits per heavy atom. The van der Waals surface area contributed by atoms with Gasteiger partial charge in [-0.2, -0.15) is 10.2 Å². The van der Waals surface area contributed by atoms with Gasteiger partial charge in [0.15, 0.2) is 0 Å². The molecule has 6 nitrogen and oxygen atoms in total. The van der Waals surface area contributed by atoms with E-state index >= 15 is 0 Å². The highest BCUT2D eigenvalue weighted by atomic mass is 16.2. The fraction of sp³-hybridized carbons (Fsp3) is 0.562. The molecular formula is C16H25N5O. The average molecular weight is 303 g/mol. The molecule has 0 saturated carbocycles. The van der Waals surface area contributed by atoms with Crippen LogP contribution in [-0.2, 0) is 18.0 Å². The molecule has 0 bridgehead atoms. The van der Waals surface area contributed by atoms with E-state index in [9.17, 15) is 4.79 Å². The van der Waals surface area contributed by atoms with Crippen LogP contribution in [0.4, 0.5) is 5.82 Å².